The molecule has 4 rings (SSSR count). The number of benzene rings is 1. The summed E-state index contributed by atoms with van der Waals surface area (Å²) in [4.78, 5) is 32.1. The lowest BCUT2D eigenvalue weighted by atomic mass is 10.0. The molecule has 0 fully saturated rings. The topological polar surface area (TPSA) is 107 Å². The van der Waals surface area contributed by atoms with Crippen molar-refractivity contribution in [3.05, 3.63) is 59.7 Å². The number of hydrogen-bond acceptors (Lipinski definition) is 7. The number of hydrogen-bond donors (Lipinski definition) is 1. The van der Waals surface area contributed by atoms with Gasteiger partial charge in [0.1, 0.15) is 0 Å². The summed E-state index contributed by atoms with van der Waals surface area (Å²) in [5.74, 6) is 0.0635. The van der Waals surface area contributed by atoms with E-state index in [4.69, 9.17) is 9.26 Å². The highest BCUT2D eigenvalue weighted by Crippen LogP contribution is 2.25. The number of nitrogens with zero attached hydrogens (tertiary/aromatic N) is 3. The lowest BCUT2D eigenvalue weighted by molar-refractivity contribution is -0.116. The van der Waals surface area contributed by atoms with Crippen molar-refractivity contribution < 1.29 is 18.8 Å². The Labute approximate surface area is 154 Å². The van der Waals surface area contributed by atoms with Crippen molar-refractivity contribution in [2.45, 2.75) is 25.9 Å². The zero-order chi connectivity index (χ0) is 18.8. The van der Waals surface area contributed by atoms with Crippen LogP contribution in [-0.2, 0) is 16.0 Å². The SMILES string of the molecule is C[C@H](OC(=O)c1ccc2c(c1)CCC(=O)N2)c1nc(-c2cccnc2)no1. The first kappa shape index (κ1) is 16.9. The van der Waals surface area contributed by atoms with Crippen LogP contribution in [0, 0.1) is 0 Å². The molecular weight excluding hydrogens is 348 g/mol. The van der Waals surface area contributed by atoms with E-state index in [2.05, 4.69) is 20.4 Å². The van der Waals surface area contributed by atoms with E-state index < -0.39 is 12.1 Å². The van der Waals surface area contributed by atoms with Crippen LogP contribution in [0.1, 0.15) is 41.3 Å². The van der Waals surface area contributed by atoms with Crippen molar-refractivity contribution in [2.75, 3.05) is 5.32 Å². The molecule has 8 nitrogen and oxygen atoms in total. The lowest BCUT2D eigenvalue weighted by Gasteiger charge is -2.17. The van der Waals surface area contributed by atoms with Gasteiger partial charge >= 0.3 is 5.97 Å². The number of carbonyl (C=O) groups excluding carboxylic acids is 2. The van der Waals surface area contributed by atoms with Crippen LogP contribution in [-0.4, -0.2) is 27.0 Å². The normalized spacial score (nSPS) is 14.2. The Morgan fingerprint density at radius 3 is 3.00 bits per heavy atom. The molecule has 3 aromatic rings. The largest absolute Gasteiger partial charge is 0.449 e. The van der Waals surface area contributed by atoms with Gasteiger partial charge in [-0.3, -0.25) is 9.78 Å². The predicted molar refractivity (Wildman–Crippen MR) is 94.8 cm³/mol. The van der Waals surface area contributed by atoms with Crippen molar-refractivity contribution in [3.63, 3.8) is 0 Å². The van der Waals surface area contributed by atoms with Gasteiger partial charge in [-0.25, -0.2) is 4.79 Å². The van der Waals surface area contributed by atoms with Crippen molar-refractivity contribution in [1.29, 1.82) is 0 Å². The molecule has 2 aromatic heterocycles. The first-order chi connectivity index (χ1) is 13.1. The molecule has 27 heavy (non-hydrogen) atoms. The van der Waals surface area contributed by atoms with Gasteiger partial charge in [-0.1, -0.05) is 5.16 Å². The van der Waals surface area contributed by atoms with Crippen LogP contribution in [0.4, 0.5) is 5.69 Å². The second-order valence-electron chi connectivity index (χ2n) is 6.17. The van der Waals surface area contributed by atoms with E-state index in [1.807, 2.05) is 6.07 Å². The van der Waals surface area contributed by atoms with Crippen molar-refractivity contribution in [2.24, 2.45) is 0 Å². The van der Waals surface area contributed by atoms with Crippen molar-refractivity contribution in [1.82, 2.24) is 15.1 Å². The Kier molecular flexibility index (Phi) is 4.37. The molecule has 0 spiro atoms. The van der Waals surface area contributed by atoms with E-state index >= 15 is 0 Å². The molecule has 1 aromatic carbocycles. The fourth-order valence-corrected chi connectivity index (χ4v) is 2.80. The van der Waals surface area contributed by atoms with Crippen LogP contribution in [0.2, 0.25) is 0 Å². The molecule has 0 saturated carbocycles. The number of aryl methyl sites for hydroxylation is 1. The Balaban J connectivity index is 1.47. The molecular formula is C19H16N4O4. The van der Waals surface area contributed by atoms with Gasteiger partial charge < -0.3 is 14.6 Å². The summed E-state index contributed by atoms with van der Waals surface area (Å²) in [6.45, 7) is 1.66. The second-order valence-corrected chi connectivity index (χ2v) is 6.17. The standard InChI is InChI=1S/C19H16N4O4/c1-11(18-22-17(23-27-18)14-3-2-8-20-10-14)26-19(25)13-4-6-15-12(9-13)5-7-16(24)21-15/h2-4,6,8-11H,5,7H2,1H3,(H,21,24)/t11-/m0/s1. The van der Waals surface area contributed by atoms with E-state index in [0.717, 1.165) is 11.3 Å². The van der Waals surface area contributed by atoms with Gasteiger partial charge in [0.15, 0.2) is 6.10 Å². The summed E-state index contributed by atoms with van der Waals surface area (Å²) < 4.78 is 10.7. The minimum Gasteiger partial charge on any atom is -0.449 e. The summed E-state index contributed by atoms with van der Waals surface area (Å²) in [6.07, 6.45) is 3.57. The molecule has 1 aliphatic rings. The maximum absolute atomic E-state index is 12.4. The number of esters is 1. The molecule has 136 valence electrons. The number of anilines is 1. The molecule has 1 atom stereocenters. The van der Waals surface area contributed by atoms with Crippen LogP contribution in [0.15, 0.2) is 47.2 Å². The molecule has 3 heterocycles. The number of aromatic nitrogens is 3. The average molecular weight is 364 g/mol. The number of fused-ring (bicyclic) bond motifs is 1. The highest BCUT2D eigenvalue weighted by molar-refractivity contribution is 5.96. The highest BCUT2D eigenvalue weighted by atomic mass is 16.6. The van der Waals surface area contributed by atoms with E-state index in [9.17, 15) is 9.59 Å². The van der Waals surface area contributed by atoms with Crippen LogP contribution in [0.3, 0.4) is 0 Å². The Morgan fingerprint density at radius 2 is 2.19 bits per heavy atom. The fraction of sp³-hybridized carbons (Fsp3) is 0.211. The summed E-state index contributed by atoms with van der Waals surface area (Å²) in [5, 5.41) is 6.68. The van der Waals surface area contributed by atoms with Gasteiger partial charge in [-0.2, -0.15) is 4.98 Å². The molecule has 0 unspecified atom stereocenters. The maximum Gasteiger partial charge on any atom is 0.338 e. The third-order valence-corrected chi connectivity index (χ3v) is 4.23. The van der Waals surface area contributed by atoms with E-state index in [0.29, 0.717) is 29.8 Å². The minimum atomic E-state index is -0.703. The van der Waals surface area contributed by atoms with Gasteiger partial charge in [0.25, 0.3) is 5.89 Å². The molecule has 0 saturated heterocycles. The van der Waals surface area contributed by atoms with Gasteiger partial charge in [-0.15, -0.1) is 0 Å². The van der Waals surface area contributed by atoms with Gasteiger partial charge in [-0.05, 0) is 49.2 Å². The highest BCUT2D eigenvalue weighted by Gasteiger charge is 2.22. The Morgan fingerprint density at radius 1 is 1.30 bits per heavy atom. The van der Waals surface area contributed by atoms with Crippen molar-refractivity contribution >= 4 is 17.6 Å². The van der Waals surface area contributed by atoms with E-state index in [1.165, 1.54) is 0 Å². The van der Waals surface area contributed by atoms with Gasteiger partial charge in [0, 0.05) is 30.1 Å². The Bertz CT molecular complexity index is 1000. The summed E-state index contributed by atoms with van der Waals surface area (Å²) in [6, 6.07) is 8.64. The number of carbonyl (C=O) groups is 2. The zero-order valence-corrected chi connectivity index (χ0v) is 14.5. The van der Waals surface area contributed by atoms with E-state index in [-0.39, 0.29) is 11.8 Å². The predicted octanol–water partition coefficient (Wildman–Crippen LogP) is 2.93. The summed E-state index contributed by atoms with van der Waals surface area (Å²) >= 11 is 0. The second kappa shape index (κ2) is 6.99. The average Bonchev–Trinajstić information content (AvgIpc) is 3.18. The molecule has 1 N–H and O–H groups in total. The molecule has 0 bridgehead atoms. The number of nitrogens with one attached hydrogen (secondary N) is 1. The maximum atomic E-state index is 12.4. The monoisotopic (exact) mass is 364 g/mol. The number of rotatable bonds is 4. The van der Waals surface area contributed by atoms with E-state index in [1.54, 1.807) is 43.6 Å². The third-order valence-electron chi connectivity index (χ3n) is 4.23. The molecule has 1 amide bonds. The number of pyridine rings is 1. The van der Waals surface area contributed by atoms with Crippen LogP contribution < -0.4 is 5.32 Å². The van der Waals surface area contributed by atoms with Crippen LogP contribution in [0.25, 0.3) is 11.4 Å². The fourth-order valence-electron chi connectivity index (χ4n) is 2.80. The summed E-state index contributed by atoms with van der Waals surface area (Å²) in [5.41, 5.74) is 2.76. The van der Waals surface area contributed by atoms with Gasteiger partial charge in [0.05, 0.1) is 5.56 Å². The number of ether oxygens (including phenoxy) is 1. The first-order valence-corrected chi connectivity index (χ1v) is 8.48. The first-order valence-electron chi connectivity index (χ1n) is 8.48. The number of amides is 1. The molecule has 0 aliphatic carbocycles. The minimum absolute atomic E-state index is 0.0211. The molecule has 0 radical (unpaired) electrons. The lowest BCUT2D eigenvalue weighted by Crippen LogP contribution is -2.19. The zero-order valence-electron chi connectivity index (χ0n) is 14.5. The van der Waals surface area contributed by atoms with Crippen LogP contribution in [0.5, 0.6) is 0 Å². The van der Waals surface area contributed by atoms with Gasteiger partial charge in [0.2, 0.25) is 11.7 Å². The third kappa shape index (κ3) is 3.55. The smallest absolute Gasteiger partial charge is 0.338 e. The summed E-state index contributed by atoms with van der Waals surface area (Å²) in [7, 11) is 0. The Hall–Kier alpha value is -3.55. The molecule has 8 heteroatoms. The van der Waals surface area contributed by atoms with Crippen LogP contribution >= 0.6 is 0 Å². The quantitative estimate of drug-likeness (QED) is 0.709. The van der Waals surface area contributed by atoms with Crippen molar-refractivity contribution in [3.8, 4) is 11.4 Å². The molecule has 1 aliphatic heterocycles.